The van der Waals surface area contributed by atoms with Crippen molar-refractivity contribution in [1.82, 2.24) is 10.2 Å². The van der Waals surface area contributed by atoms with Crippen LogP contribution in [0.25, 0.3) is 0 Å². The van der Waals surface area contributed by atoms with Gasteiger partial charge in [-0.1, -0.05) is 18.2 Å². The van der Waals surface area contributed by atoms with Gasteiger partial charge in [0, 0.05) is 26.1 Å². The lowest BCUT2D eigenvalue weighted by Crippen LogP contribution is -2.42. The number of carbonyl (C=O) groups excluding carboxylic acids is 2. The molecular formula is C14H18N2O4. The zero-order valence-corrected chi connectivity index (χ0v) is 11.2. The Morgan fingerprint density at radius 2 is 1.90 bits per heavy atom. The number of ether oxygens (including phenoxy) is 2. The maximum Gasteiger partial charge on any atom is 0.412 e. The summed E-state index contributed by atoms with van der Waals surface area (Å²) in [5.74, 6) is 0.498. The lowest BCUT2D eigenvalue weighted by atomic mass is 10.3. The summed E-state index contributed by atoms with van der Waals surface area (Å²) in [5, 5.41) is 2.56. The number of benzene rings is 1. The third kappa shape index (κ3) is 4.55. The molecule has 1 aromatic carbocycles. The van der Waals surface area contributed by atoms with Crippen LogP contribution in [0, 0.1) is 0 Å². The van der Waals surface area contributed by atoms with Crippen LogP contribution in [0.3, 0.4) is 0 Å². The zero-order chi connectivity index (χ0) is 14.2. The summed E-state index contributed by atoms with van der Waals surface area (Å²) in [6, 6.07) is 8.79. The van der Waals surface area contributed by atoms with E-state index in [2.05, 4.69) is 5.32 Å². The molecule has 0 radical (unpaired) electrons. The number of morpholine rings is 1. The first kappa shape index (κ1) is 14.3. The molecule has 1 aliphatic rings. The predicted octanol–water partition coefficient (Wildman–Crippen LogP) is 1.02. The number of para-hydroxylation sites is 1. The van der Waals surface area contributed by atoms with Crippen molar-refractivity contribution in [3.63, 3.8) is 0 Å². The Labute approximate surface area is 117 Å². The molecule has 2 amide bonds. The minimum absolute atomic E-state index is 0.0216. The Kier molecular flexibility index (Phi) is 5.37. The summed E-state index contributed by atoms with van der Waals surface area (Å²) in [5.41, 5.74) is 0. The molecule has 1 fully saturated rings. The van der Waals surface area contributed by atoms with E-state index in [1.807, 2.05) is 6.07 Å². The van der Waals surface area contributed by atoms with Gasteiger partial charge < -0.3 is 19.7 Å². The smallest absolute Gasteiger partial charge is 0.410 e. The van der Waals surface area contributed by atoms with Gasteiger partial charge in [0.1, 0.15) is 5.75 Å². The number of hydrogen-bond acceptors (Lipinski definition) is 4. The van der Waals surface area contributed by atoms with Crippen molar-refractivity contribution in [3.8, 4) is 5.75 Å². The molecule has 1 N–H and O–H groups in total. The minimum Gasteiger partial charge on any atom is -0.410 e. The van der Waals surface area contributed by atoms with Crippen LogP contribution < -0.4 is 10.1 Å². The zero-order valence-electron chi connectivity index (χ0n) is 11.2. The molecule has 6 nitrogen and oxygen atoms in total. The highest BCUT2D eigenvalue weighted by Crippen LogP contribution is 2.08. The summed E-state index contributed by atoms with van der Waals surface area (Å²) in [7, 11) is 0. The van der Waals surface area contributed by atoms with E-state index >= 15 is 0 Å². The summed E-state index contributed by atoms with van der Waals surface area (Å²) in [6.45, 7) is 2.66. The van der Waals surface area contributed by atoms with Crippen LogP contribution in [0.2, 0.25) is 0 Å². The maximum atomic E-state index is 11.8. The van der Waals surface area contributed by atoms with Crippen LogP contribution in [0.5, 0.6) is 5.75 Å². The molecule has 1 aliphatic heterocycles. The Hall–Kier alpha value is -2.08. The van der Waals surface area contributed by atoms with Crippen molar-refractivity contribution in [2.24, 2.45) is 0 Å². The fourth-order valence-electron chi connectivity index (χ4n) is 1.87. The van der Waals surface area contributed by atoms with E-state index in [0.29, 0.717) is 32.1 Å². The van der Waals surface area contributed by atoms with E-state index in [1.54, 1.807) is 29.2 Å². The van der Waals surface area contributed by atoms with Gasteiger partial charge in [-0.15, -0.1) is 0 Å². The normalized spacial score (nSPS) is 14.7. The lowest BCUT2D eigenvalue weighted by molar-refractivity contribution is -0.135. The molecule has 1 heterocycles. The van der Waals surface area contributed by atoms with Crippen LogP contribution in [-0.2, 0) is 9.53 Å². The molecule has 20 heavy (non-hydrogen) atoms. The first-order valence-electron chi connectivity index (χ1n) is 6.62. The molecule has 6 heteroatoms. The molecule has 1 saturated heterocycles. The number of rotatable bonds is 4. The third-order valence-corrected chi connectivity index (χ3v) is 2.93. The third-order valence-electron chi connectivity index (χ3n) is 2.93. The molecule has 2 rings (SSSR count). The molecule has 0 unspecified atom stereocenters. The van der Waals surface area contributed by atoms with Crippen molar-refractivity contribution < 1.29 is 19.1 Å². The van der Waals surface area contributed by atoms with Gasteiger partial charge in [0.25, 0.3) is 0 Å². The van der Waals surface area contributed by atoms with Crippen molar-refractivity contribution in [3.05, 3.63) is 30.3 Å². The highest BCUT2D eigenvalue weighted by atomic mass is 16.6. The summed E-state index contributed by atoms with van der Waals surface area (Å²) in [6.07, 6.45) is -0.282. The quantitative estimate of drug-likeness (QED) is 0.893. The van der Waals surface area contributed by atoms with Gasteiger partial charge >= 0.3 is 6.09 Å². The average Bonchev–Trinajstić information content (AvgIpc) is 2.49. The number of nitrogens with zero attached hydrogens (tertiary/aromatic N) is 1. The molecule has 0 saturated carbocycles. The van der Waals surface area contributed by atoms with E-state index in [0.717, 1.165) is 0 Å². The minimum atomic E-state index is -0.550. The fourth-order valence-corrected chi connectivity index (χ4v) is 1.87. The van der Waals surface area contributed by atoms with Crippen molar-refractivity contribution in [2.75, 3.05) is 32.8 Å². The molecule has 0 aromatic heterocycles. The predicted molar refractivity (Wildman–Crippen MR) is 72.5 cm³/mol. The van der Waals surface area contributed by atoms with Crippen molar-refractivity contribution in [2.45, 2.75) is 6.42 Å². The molecule has 0 aliphatic carbocycles. The second kappa shape index (κ2) is 7.49. The second-order valence-electron chi connectivity index (χ2n) is 4.37. The van der Waals surface area contributed by atoms with Gasteiger partial charge in [-0.2, -0.15) is 0 Å². The Morgan fingerprint density at radius 1 is 1.20 bits per heavy atom. The topological polar surface area (TPSA) is 67.9 Å². The largest absolute Gasteiger partial charge is 0.412 e. The highest BCUT2D eigenvalue weighted by molar-refractivity contribution is 5.77. The van der Waals surface area contributed by atoms with Gasteiger partial charge in [-0.05, 0) is 12.1 Å². The van der Waals surface area contributed by atoms with E-state index in [9.17, 15) is 9.59 Å². The standard InChI is InChI=1S/C14H18N2O4/c17-13(16-8-10-19-11-9-16)6-7-15-14(18)20-12-4-2-1-3-5-12/h1-5H,6-11H2,(H,15,18). The molecule has 108 valence electrons. The summed E-state index contributed by atoms with van der Waals surface area (Å²) in [4.78, 5) is 25.1. The molecule has 0 atom stereocenters. The highest BCUT2D eigenvalue weighted by Gasteiger charge is 2.16. The number of nitrogens with one attached hydrogen (secondary N) is 1. The van der Waals surface area contributed by atoms with E-state index in [-0.39, 0.29) is 18.9 Å². The second-order valence-corrected chi connectivity index (χ2v) is 4.37. The molecular weight excluding hydrogens is 260 g/mol. The number of hydrogen-bond donors (Lipinski definition) is 1. The monoisotopic (exact) mass is 278 g/mol. The molecule has 0 bridgehead atoms. The van der Waals surface area contributed by atoms with Crippen molar-refractivity contribution in [1.29, 1.82) is 0 Å². The Morgan fingerprint density at radius 3 is 2.60 bits per heavy atom. The van der Waals surface area contributed by atoms with Crippen LogP contribution >= 0.6 is 0 Å². The van der Waals surface area contributed by atoms with Gasteiger partial charge in [-0.25, -0.2) is 4.79 Å². The first-order valence-corrected chi connectivity index (χ1v) is 6.62. The molecule has 0 spiro atoms. The number of amides is 2. The maximum absolute atomic E-state index is 11.8. The Balaban J connectivity index is 1.65. The average molecular weight is 278 g/mol. The Bertz CT molecular complexity index is 444. The van der Waals surface area contributed by atoms with E-state index in [4.69, 9.17) is 9.47 Å². The van der Waals surface area contributed by atoms with Crippen LogP contribution in [-0.4, -0.2) is 49.7 Å². The van der Waals surface area contributed by atoms with Gasteiger partial charge in [0.2, 0.25) is 5.91 Å². The van der Waals surface area contributed by atoms with Crippen LogP contribution in [0.15, 0.2) is 30.3 Å². The molecule has 1 aromatic rings. The van der Waals surface area contributed by atoms with E-state index in [1.165, 1.54) is 0 Å². The number of carbonyl (C=O) groups is 2. The summed E-state index contributed by atoms with van der Waals surface area (Å²) < 4.78 is 10.2. The van der Waals surface area contributed by atoms with Crippen molar-refractivity contribution >= 4 is 12.0 Å². The van der Waals surface area contributed by atoms with Gasteiger partial charge in [0.15, 0.2) is 0 Å². The van der Waals surface area contributed by atoms with E-state index < -0.39 is 6.09 Å². The van der Waals surface area contributed by atoms with Crippen LogP contribution in [0.1, 0.15) is 6.42 Å². The van der Waals surface area contributed by atoms with Gasteiger partial charge in [0.05, 0.1) is 13.2 Å². The summed E-state index contributed by atoms with van der Waals surface area (Å²) >= 11 is 0. The van der Waals surface area contributed by atoms with Gasteiger partial charge in [-0.3, -0.25) is 4.79 Å². The lowest BCUT2D eigenvalue weighted by Gasteiger charge is -2.26. The SMILES string of the molecule is O=C(NCCC(=O)N1CCOCC1)Oc1ccccc1. The fraction of sp³-hybridized carbons (Fsp3) is 0.429. The first-order chi connectivity index (χ1) is 9.75. The van der Waals surface area contributed by atoms with Crippen LogP contribution in [0.4, 0.5) is 4.79 Å².